The molecule has 1 fully saturated rings. The Kier molecular flexibility index (Phi) is 4.90. The molecule has 0 spiro atoms. The van der Waals surface area contributed by atoms with E-state index in [-0.39, 0.29) is 45.6 Å². The minimum Gasteiger partial charge on any atom is -0.314 e. The van der Waals surface area contributed by atoms with E-state index in [9.17, 15) is 17.2 Å². The smallest absolute Gasteiger partial charge is 0.164 e. The molecule has 0 aromatic heterocycles. The molecule has 4 rings (SSSR count). The molecule has 0 saturated carbocycles. The van der Waals surface area contributed by atoms with Gasteiger partial charge in [-0.2, -0.15) is 0 Å². The lowest BCUT2D eigenvalue weighted by molar-refractivity contribution is 0.601. The van der Waals surface area contributed by atoms with Crippen molar-refractivity contribution >= 4 is 44.1 Å². The van der Waals surface area contributed by atoms with Gasteiger partial charge in [-0.05, 0) is 24.3 Å². The van der Waals surface area contributed by atoms with Crippen molar-refractivity contribution in [3.05, 3.63) is 64.7 Å². The predicted octanol–water partition coefficient (Wildman–Crippen LogP) is 3.89. The number of hydrogen-bond acceptors (Lipinski definition) is 5. The van der Waals surface area contributed by atoms with Crippen molar-refractivity contribution in [3.8, 4) is 0 Å². The molecule has 1 saturated heterocycles. The van der Waals surface area contributed by atoms with E-state index in [1.165, 1.54) is 30.0 Å². The highest BCUT2D eigenvalue weighted by atomic mass is 35.5. The number of anilines is 1. The maximum atomic E-state index is 14.5. The molecule has 0 bridgehead atoms. The Morgan fingerprint density at radius 3 is 2.56 bits per heavy atom. The summed E-state index contributed by atoms with van der Waals surface area (Å²) in [4.78, 5) is 6.08. The Morgan fingerprint density at radius 1 is 1.11 bits per heavy atom. The first-order valence-electron chi connectivity index (χ1n) is 8.24. The molecule has 2 aliphatic rings. The Balaban J connectivity index is 1.73. The van der Waals surface area contributed by atoms with E-state index >= 15 is 0 Å². The second-order valence-corrected chi connectivity index (χ2v) is 10.2. The van der Waals surface area contributed by atoms with Crippen molar-refractivity contribution in [1.82, 2.24) is 0 Å². The van der Waals surface area contributed by atoms with Crippen molar-refractivity contribution in [2.24, 2.45) is 4.99 Å². The van der Waals surface area contributed by atoms with Crippen molar-refractivity contribution in [1.29, 1.82) is 0 Å². The minimum atomic E-state index is -3.10. The molecular weight excluding hydrogens is 414 g/mol. The lowest BCUT2D eigenvalue weighted by Gasteiger charge is -2.25. The number of sulfone groups is 1. The van der Waals surface area contributed by atoms with Crippen molar-refractivity contribution in [3.63, 3.8) is 0 Å². The fourth-order valence-electron chi connectivity index (χ4n) is 3.24. The van der Waals surface area contributed by atoms with Crippen LogP contribution in [0.1, 0.15) is 5.56 Å². The monoisotopic (exact) mass is 428 g/mol. The van der Waals surface area contributed by atoms with Gasteiger partial charge < -0.3 is 4.90 Å². The van der Waals surface area contributed by atoms with Crippen LogP contribution in [0.5, 0.6) is 0 Å². The summed E-state index contributed by atoms with van der Waals surface area (Å²) >= 11 is 7.45. The standard InChI is InChI=1S/C18H15ClF2N2O2S2/c19-12-4-3-6-13(20)11(12)8-23(16-7-2-1-5-14(16)21)18-22-15-9-27(24,25)10-17(15)26-18/h1-7,15,17H,8-10H2/t15-,17-/m1/s1. The van der Waals surface area contributed by atoms with E-state index in [1.54, 1.807) is 29.2 Å². The summed E-state index contributed by atoms with van der Waals surface area (Å²) in [6.07, 6.45) is 0. The van der Waals surface area contributed by atoms with Gasteiger partial charge in [0.25, 0.3) is 0 Å². The number of para-hydroxylation sites is 1. The highest BCUT2D eigenvalue weighted by molar-refractivity contribution is 8.15. The van der Waals surface area contributed by atoms with E-state index < -0.39 is 21.5 Å². The molecule has 2 atom stereocenters. The number of halogens is 3. The SMILES string of the molecule is O=S1(=O)C[C@H]2N=C(N(Cc3c(F)cccc3Cl)c3ccccc3F)S[C@@H]2C1. The molecule has 0 N–H and O–H groups in total. The van der Waals surface area contributed by atoms with Crippen LogP contribution in [0.4, 0.5) is 14.5 Å². The number of fused-ring (bicyclic) bond motifs is 1. The van der Waals surface area contributed by atoms with Crippen LogP contribution in [-0.4, -0.2) is 36.4 Å². The molecule has 0 unspecified atom stereocenters. The van der Waals surface area contributed by atoms with Crippen LogP contribution in [0.3, 0.4) is 0 Å². The van der Waals surface area contributed by atoms with Crippen molar-refractivity contribution < 1.29 is 17.2 Å². The predicted molar refractivity (Wildman–Crippen MR) is 105 cm³/mol. The maximum Gasteiger partial charge on any atom is 0.164 e. The van der Waals surface area contributed by atoms with Crippen LogP contribution in [0, 0.1) is 11.6 Å². The normalized spacial score (nSPS) is 23.1. The number of hydrogen-bond donors (Lipinski definition) is 0. The lowest BCUT2D eigenvalue weighted by Crippen LogP contribution is -2.29. The summed E-state index contributed by atoms with van der Waals surface area (Å²) in [7, 11) is -3.10. The van der Waals surface area contributed by atoms with E-state index in [4.69, 9.17) is 11.6 Å². The molecule has 0 radical (unpaired) electrons. The number of amidine groups is 1. The van der Waals surface area contributed by atoms with Crippen LogP contribution in [0.2, 0.25) is 5.02 Å². The van der Waals surface area contributed by atoms with Gasteiger partial charge in [0.1, 0.15) is 11.6 Å². The van der Waals surface area contributed by atoms with Crippen LogP contribution in [0.15, 0.2) is 47.5 Å². The summed E-state index contributed by atoms with van der Waals surface area (Å²) in [5.74, 6) is -0.936. The first-order valence-corrected chi connectivity index (χ1v) is 11.3. The fourth-order valence-corrected chi connectivity index (χ4v) is 7.23. The van der Waals surface area contributed by atoms with Crippen LogP contribution in [0.25, 0.3) is 0 Å². The average molecular weight is 429 g/mol. The van der Waals surface area contributed by atoms with Gasteiger partial charge >= 0.3 is 0 Å². The van der Waals surface area contributed by atoms with Crippen molar-refractivity contribution in [2.45, 2.75) is 17.8 Å². The van der Waals surface area contributed by atoms with Gasteiger partial charge in [0.15, 0.2) is 15.0 Å². The fraction of sp³-hybridized carbons (Fsp3) is 0.278. The van der Waals surface area contributed by atoms with E-state index in [1.807, 2.05) is 0 Å². The van der Waals surface area contributed by atoms with E-state index in [0.717, 1.165) is 0 Å². The largest absolute Gasteiger partial charge is 0.314 e. The minimum absolute atomic E-state index is 0.00946. The number of aliphatic imine (C=N–C) groups is 1. The molecule has 2 aromatic carbocycles. The molecule has 0 aliphatic carbocycles. The van der Waals surface area contributed by atoms with Gasteiger partial charge in [-0.1, -0.05) is 41.6 Å². The molecule has 4 nitrogen and oxygen atoms in total. The lowest BCUT2D eigenvalue weighted by atomic mass is 10.2. The maximum absolute atomic E-state index is 14.5. The number of nitrogens with zero attached hydrogens (tertiary/aromatic N) is 2. The van der Waals surface area contributed by atoms with Gasteiger partial charge in [-0.3, -0.25) is 4.99 Å². The first kappa shape index (κ1) is 18.7. The Hall–Kier alpha value is -1.64. The summed E-state index contributed by atoms with van der Waals surface area (Å²) < 4.78 is 52.4. The molecule has 142 valence electrons. The van der Waals surface area contributed by atoms with Crippen LogP contribution in [-0.2, 0) is 16.4 Å². The summed E-state index contributed by atoms with van der Waals surface area (Å²) in [6.45, 7) is -0.00946. The van der Waals surface area contributed by atoms with Crippen LogP contribution < -0.4 is 4.90 Å². The highest BCUT2D eigenvalue weighted by Gasteiger charge is 2.44. The van der Waals surface area contributed by atoms with Gasteiger partial charge in [0.2, 0.25) is 0 Å². The average Bonchev–Trinajstić information content (AvgIpc) is 3.09. The third-order valence-electron chi connectivity index (χ3n) is 4.56. The van der Waals surface area contributed by atoms with Gasteiger partial charge in [0.05, 0.1) is 29.8 Å². The second-order valence-electron chi connectivity index (χ2n) is 6.45. The third kappa shape index (κ3) is 3.70. The zero-order chi connectivity index (χ0) is 19.2. The Morgan fingerprint density at radius 2 is 1.85 bits per heavy atom. The molecule has 2 aliphatic heterocycles. The molecule has 27 heavy (non-hydrogen) atoms. The number of rotatable bonds is 3. The van der Waals surface area contributed by atoms with Gasteiger partial charge in [-0.25, -0.2) is 17.2 Å². The summed E-state index contributed by atoms with van der Waals surface area (Å²) in [5.41, 5.74) is 0.473. The van der Waals surface area contributed by atoms with Crippen molar-refractivity contribution in [2.75, 3.05) is 16.4 Å². The molecular formula is C18H15ClF2N2O2S2. The number of benzene rings is 2. The zero-order valence-electron chi connectivity index (χ0n) is 14.0. The quantitative estimate of drug-likeness (QED) is 0.744. The zero-order valence-corrected chi connectivity index (χ0v) is 16.4. The van der Waals surface area contributed by atoms with E-state index in [0.29, 0.717) is 5.17 Å². The van der Waals surface area contributed by atoms with Gasteiger partial charge in [0, 0.05) is 15.8 Å². The third-order valence-corrected chi connectivity index (χ3v) is 8.16. The number of thioether (sulfide) groups is 1. The summed E-state index contributed by atoms with van der Waals surface area (Å²) in [5, 5.41) is 0.516. The van der Waals surface area contributed by atoms with Gasteiger partial charge in [-0.15, -0.1) is 0 Å². The Labute approximate surface area is 165 Å². The molecule has 2 aromatic rings. The summed E-state index contributed by atoms with van der Waals surface area (Å²) in [6, 6.07) is 10.2. The Bertz CT molecular complexity index is 1010. The van der Waals surface area contributed by atoms with E-state index in [2.05, 4.69) is 4.99 Å². The molecule has 0 amide bonds. The molecule has 9 heteroatoms. The van der Waals surface area contributed by atoms with Crippen LogP contribution >= 0.6 is 23.4 Å². The highest BCUT2D eigenvalue weighted by Crippen LogP contribution is 2.38. The second kappa shape index (κ2) is 7.07. The first-order chi connectivity index (χ1) is 12.8. The molecule has 2 heterocycles. The topological polar surface area (TPSA) is 49.7 Å².